The molecule has 2 aromatic carbocycles. The number of nitrogens with zero attached hydrogens (tertiary/aromatic N) is 4. The Hall–Kier alpha value is -3.61. The zero-order chi connectivity index (χ0) is 19.3. The lowest BCUT2D eigenvalue weighted by molar-refractivity contribution is 0.154. The second kappa shape index (κ2) is 6.23. The molecule has 140 valence electrons. The van der Waals surface area contributed by atoms with E-state index < -0.39 is 6.09 Å². The van der Waals surface area contributed by atoms with E-state index in [1.54, 1.807) is 15.3 Å². The molecule has 1 saturated heterocycles. The number of carboxylic acid groups (broad SMARTS) is 1. The maximum Gasteiger partial charge on any atom is 0.407 e. The predicted octanol–water partition coefficient (Wildman–Crippen LogP) is 3.27. The van der Waals surface area contributed by atoms with Crippen molar-refractivity contribution in [2.45, 2.75) is 12.5 Å². The molecular formula is C21H18N4O3. The summed E-state index contributed by atoms with van der Waals surface area (Å²) >= 11 is 0. The number of hydrogen-bond acceptors (Lipinski definition) is 3. The van der Waals surface area contributed by atoms with E-state index in [-0.39, 0.29) is 11.7 Å². The summed E-state index contributed by atoms with van der Waals surface area (Å²) < 4.78 is 3.31. The van der Waals surface area contributed by atoms with Crippen molar-refractivity contribution in [1.82, 2.24) is 19.0 Å². The predicted molar refractivity (Wildman–Crippen MR) is 106 cm³/mol. The minimum atomic E-state index is -0.957. The largest absolute Gasteiger partial charge is 0.465 e. The summed E-state index contributed by atoms with van der Waals surface area (Å²) in [4.78, 5) is 30.5. The van der Waals surface area contributed by atoms with Gasteiger partial charge in [0.05, 0.1) is 17.2 Å². The lowest BCUT2D eigenvalue weighted by Gasteiger charge is -2.13. The van der Waals surface area contributed by atoms with Crippen molar-refractivity contribution in [2.75, 3.05) is 13.1 Å². The first kappa shape index (κ1) is 16.6. The van der Waals surface area contributed by atoms with Crippen LogP contribution in [0.2, 0.25) is 0 Å². The first-order valence-corrected chi connectivity index (χ1v) is 9.18. The van der Waals surface area contributed by atoms with E-state index in [0.717, 1.165) is 22.0 Å². The van der Waals surface area contributed by atoms with Crippen LogP contribution in [-0.4, -0.2) is 43.3 Å². The van der Waals surface area contributed by atoms with Gasteiger partial charge in [-0.25, -0.2) is 14.6 Å². The standard InChI is InChI=1S/C21H18N4O3/c26-20-24(16-8-7-14-4-1-2-5-15(14)12-16)18-6-3-10-22-19(18)25(20)17-9-11-23(13-17)21(27)28/h1-8,10,12,17H,9,11,13H2,(H,27,28)/t17-/m0/s1. The summed E-state index contributed by atoms with van der Waals surface area (Å²) in [5, 5.41) is 11.4. The highest BCUT2D eigenvalue weighted by molar-refractivity contribution is 5.85. The number of amides is 1. The van der Waals surface area contributed by atoms with Crippen molar-refractivity contribution >= 4 is 28.0 Å². The Morgan fingerprint density at radius 1 is 1.07 bits per heavy atom. The third-order valence-electron chi connectivity index (χ3n) is 5.42. The van der Waals surface area contributed by atoms with Crippen molar-refractivity contribution < 1.29 is 9.90 Å². The molecule has 7 nitrogen and oxygen atoms in total. The van der Waals surface area contributed by atoms with Gasteiger partial charge in [-0.15, -0.1) is 0 Å². The zero-order valence-electron chi connectivity index (χ0n) is 15.0. The first-order valence-electron chi connectivity index (χ1n) is 9.18. The molecule has 2 aromatic heterocycles. The Morgan fingerprint density at radius 2 is 1.89 bits per heavy atom. The topological polar surface area (TPSA) is 80.4 Å². The molecular weight excluding hydrogens is 356 g/mol. The van der Waals surface area contributed by atoms with Crippen LogP contribution < -0.4 is 5.69 Å². The Kier molecular flexibility index (Phi) is 3.68. The van der Waals surface area contributed by atoms with E-state index in [4.69, 9.17) is 0 Å². The number of benzene rings is 2. The average molecular weight is 374 g/mol. The lowest BCUT2D eigenvalue weighted by Crippen LogP contribution is -2.31. The van der Waals surface area contributed by atoms with E-state index in [9.17, 15) is 14.7 Å². The van der Waals surface area contributed by atoms with Crippen LogP contribution in [0.5, 0.6) is 0 Å². The second-order valence-electron chi connectivity index (χ2n) is 7.04. The number of pyridine rings is 1. The van der Waals surface area contributed by atoms with Gasteiger partial charge in [-0.1, -0.05) is 30.3 Å². The summed E-state index contributed by atoms with van der Waals surface area (Å²) in [5.74, 6) is 0. The fourth-order valence-electron chi connectivity index (χ4n) is 4.07. The van der Waals surface area contributed by atoms with Crippen LogP contribution in [-0.2, 0) is 0 Å². The average Bonchev–Trinajstić information content (AvgIpc) is 3.29. The highest BCUT2D eigenvalue weighted by atomic mass is 16.4. The van der Waals surface area contributed by atoms with E-state index in [1.165, 1.54) is 4.90 Å². The van der Waals surface area contributed by atoms with Crippen LogP contribution in [0.4, 0.5) is 4.79 Å². The SMILES string of the molecule is O=C(O)N1CC[C@H](n2c(=O)n(-c3ccc4ccccc4c3)c3cccnc32)C1. The summed E-state index contributed by atoms with van der Waals surface area (Å²) in [5.41, 5.74) is 1.88. The fraction of sp³-hybridized carbons (Fsp3) is 0.190. The molecule has 1 aliphatic heterocycles. The van der Waals surface area contributed by atoms with Gasteiger partial charge in [0.2, 0.25) is 0 Å². The van der Waals surface area contributed by atoms with Gasteiger partial charge in [0.25, 0.3) is 0 Å². The number of imidazole rings is 1. The summed E-state index contributed by atoms with van der Waals surface area (Å²) in [7, 11) is 0. The molecule has 0 bridgehead atoms. The van der Waals surface area contributed by atoms with Crippen molar-refractivity contribution in [3.63, 3.8) is 0 Å². The number of likely N-dealkylation sites (tertiary alicyclic amines) is 1. The highest BCUT2D eigenvalue weighted by Gasteiger charge is 2.31. The normalized spacial score (nSPS) is 16.9. The number of carbonyl (C=O) groups is 1. The number of aromatic nitrogens is 3. The van der Waals surface area contributed by atoms with Gasteiger partial charge >= 0.3 is 11.8 Å². The quantitative estimate of drug-likeness (QED) is 0.584. The molecule has 0 aliphatic carbocycles. The summed E-state index contributed by atoms with van der Waals surface area (Å²) in [6.45, 7) is 0.713. The van der Waals surface area contributed by atoms with Crippen molar-refractivity contribution in [3.8, 4) is 5.69 Å². The first-order chi connectivity index (χ1) is 13.6. The van der Waals surface area contributed by atoms with Crippen LogP contribution in [0, 0.1) is 0 Å². The van der Waals surface area contributed by atoms with Crippen LogP contribution in [0.3, 0.4) is 0 Å². The third-order valence-corrected chi connectivity index (χ3v) is 5.42. The summed E-state index contributed by atoms with van der Waals surface area (Å²) in [6.07, 6.45) is 1.30. The van der Waals surface area contributed by atoms with Gasteiger partial charge in [-0.05, 0) is 41.5 Å². The summed E-state index contributed by atoms with van der Waals surface area (Å²) in [6, 6.07) is 17.4. The molecule has 1 aliphatic rings. The van der Waals surface area contributed by atoms with Crippen molar-refractivity contribution in [1.29, 1.82) is 0 Å². The lowest BCUT2D eigenvalue weighted by atomic mass is 10.1. The Bertz CT molecular complexity index is 1270. The van der Waals surface area contributed by atoms with Gasteiger partial charge in [-0.3, -0.25) is 9.13 Å². The molecule has 7 heteroatoms. The van der Waals surface area contributed by atoms with Gasteiger partial charge in [-0.2, -0.15) is 0 Å². The maximum atomic E-state index is 13.4. The van der Waals surface area contributed by atoms with Gasteiger partial charge < -0.3 is 10.0 Å². The molecule has 0 spiro atoms. The number of fused-ring (bicyclic) bond motifs is 2. The minimum absolute atomic E-state index is 0.193. The van der Waals surface area contributed by atoms with E-state index in [0.29, 0.717) is 25.2 Å². The van der Waals surface area contributed by atoms with Gasteiger partial charge in [0.15, 0.2) is 5.65 Å². The maximum absolute atomic E-state index is 13.4. The van der Waals surface area contributed by atoms with Crippen LogP contribution in [0.1, 0.15) is 12.5 Å². The van der Waals surface area contributed by atoms with Gasteiger partial charge in [0.1, 0.15) is 0 Å². The van der Waals surface area contributed by atoms with E-state index >= 15 is 0 Å². The van der Waals surface area contributed by atoms with Crippen LogP contribution >= 0.6 is 0 Å². The number of rotatable bonds is 2. The highest BCUT2D eigenvalue weighted by Crippen LogP contribution is 2.26. The number of hydrogen-bond donors (Lipinski definition) is 1. The van der Waals surface area contributed by atoms with Gasteiger partial charge in [0, 0.05) is 19.3 Å². The molecule has 1 fully saturated rings. The van der Waals surface area contributed by atoms with E-state index in [2.05, 4.69) is 4.98 Å². The van der Waals surface area contributed by atoms with Crippen molar-refractivity contribution in [2.24, 2.45) is 0 Å². The monoisotopic (exact) mass is 374 g/mol. The second-order valence-corrected chi connectivity index (χ2v) is 7.04. The molecule has 28 heavy (non-hydrogen) atoms. The minimum Gasteiger partial charge on any atom is -0.465 e. The molecule has 4 aromatic rings. The Balaban J connectivity index is 1.71. The Labute approximate surface area is 160 Å². The molecule has 3 heterocycles. The fourth-order valence-corrected chi connectivity index (χ4v) is 4.07. The van der Waals surface area contributed by atoms with Crippen molar-refractivity contribution in [3.05, 3.63) is 71.3 Å². The molecule has 1 N–H and O–H groups in total. The molecule has 1 atom stereocenters. The molecule has 0 unspecified atom stereocenters. The molecule has 0 saturated carbocycles. The van der Waals surface area contributed by atoms with E-state index in [1.807, 2.05) is 54.6 Å². The van der Waals surface area contributed by atoms with Crippen LogP contribution in [0.25, 0.3) is 27.6 Å². The smallest absolute Gasteiger partial charge is 0.407 e. The van der Waals surface area contributed by atoms with Crippen LogP contribution in [0.15, 0.2) is 65.6 Å². The molecule has 1 amide bonds. The zero-order valence-corrected chi connectivity index (χ0v) is 15.0. The Morgan fingerprint density at radius 3 is 2.68 bits per heavy atom. The molecule has 5 rings (SSSR count). The third kappa shape index (κ3) is 2.47. The molecule has 0 radical (unpaired) electrons.